The third-order valence-corrected chi connectivity index (χ3v) is 4.19. The van der Waals surface area contributed by atoms with Crippen molar-refractivity contribution in [3.63, 3.8) is 0 Å². The molecule has 0 spiro atoms. The summed E-state index contributed by atoms with van der Waals surface area (Å²) < 4.78 is 5.39. The van der Waals surface area contributed by atoms with Crippen molar-refractivity contribution < 1.29 is 9.53 Å². The zero-order valence-corrected chi connectivity index (χ0v) is 13.5. The molecule has 0 fully saturated rings. The summed E-state index contributed by atoms with van der Waals surface area (Å²) in [7, 11) is 3.30. The van der Waals surface area contributed by atoms with Gasteiger partial charge in [-0.3, -0.25) is 4.79 Å². The van der Waals surface area contributed by atoms with Crippen molar-refractivity contribution in [2.45, 2.75) is 25.7 Å². The lowest BCUT2D eigenvalue weighted by Crippen LogP contribution is -2.17. The second-order valence-electron chi connectivity index (χ2n) is 5.63. The zero-order chi connectivity index (χ0) is 16.2. The van der Waals surface area contributed by atoms with Crippen LogP contribution in [-0.2, 0) is 12.8 Å². The minimum atomic E-state index is -0.0939. The third-order valence-electron chi connectivity index (χ3n) is 4.19. The first kappa shape index (κ1) is 15.3. The number of hydrogen-bond donors (Lipinski definition) is 2. The van der Waals surface area contributed by atoms with Crippen LogP contribution in [0.5, 0.6) is 5.88 Å². The molecule has 0 saturated carbocycles. The molecule has 1 aromatic heterocycles. The van der Waals surface area contributed by atoms with Crippen LogP contribution < -0.4 is 15.4 Å². The van der Waals surface area contributed by atoms with E-state index in [-0.39, 0.29) is 5.91 Å². The Balaban J connectivity index is 1.93. The number of fused-ring (bicyclic) bond motifs is 1. The van der Waals surface area contributed by atoms with E-state index in [1.807, 2.05) is 24.4 Å². The normalized spacial score (nSPS) is 13.1. The van der Waals surface area contributed by atoms with E-state index in [9.17, 15) is 4.79 Å². The minimum Gasteiger partial charge on any atom is -0.481 e. The van der Waals surface area contributed by atoms with E-state index in [4.69, 9.17) is 4.74 Å². The predicted molar refractivity (Wildman–Crippen MR) is 90.5 cm³/mol. The van der Waals surface area contributed by atoms with E-state index in [1.54, 1.807) is 20.2 Å². The fraction of sp³-hybridized carbons (Fsp3) is 0.333. The molecule has 0 aliphatic heterocycles. The van der Waals surface area contributed by atoms with Gasteiger partial charge in [-0.1, -0.05) is 6.07 Å². The van der Waals surface area contributed by atoms with Crippen LogP contribution in [0.2, 0.25) is 0 Å². The molecule has 3 rings (SSSR count). The molecule has 1 amide bonds. The summed E-state index contributed by atoms with van der Waals surface area (Å²) in [5, 5.41) is 6.05. The number of nitrogens with zero attached hydrogens (tertiary/aromatic N) is 1. The van der Waals surface area contributed by atoms with Gasteiger partial charge in [-0.15, -0.1) is 0 Å². The summed E-state index contributed by atoms with van der Waals surface area (Å²) in [6.45, 7) is 0. The second-order valence-corrected chi connectivity index (χ2v) is 5.63. The van der Waals surface area contributed by atoms with E-state index in [2.05, 4.69) is 15.6 Å². The summed E-state index contributed by atoms with van der Waals surface area (Å²) in [6.07, 6.45) is 6.17. The maximum Gasteiger partial charge on any atom is 0.251 e. The van der Waals surface area contributed by atoms with Crippen molar-refractivity contribution in [1.29, 1.82) is 0 Å². The van der Waals surface area contributed by atoms with E-state index in [0.29, 0.717) is 5.56 Å². The number of carbonyl (C=O) groups excluding carboxylic acids is 1. The molecule has 2 aromatic rings. The van der Waals surface area contributed by atoms with Gasteiger partial charge in [-0.05, 0) is 49.4 Å². The molecule has 0 atom stereocenters. The quantitative estimate of drug-likeness (QED) is 0.911. The fourth-order valence-electron chi connectivity index (χ4n) is 3.04. The first-order valence-corrected chi connectivity index (χ1v) is 7.87. The van der Waals surface area contributed by atoms with Gasteiger partial charge in [0.15, 0.2) is 0 Å². The van der Waals surface area contributed by atoms with Gasteiger partial charge in [-0.2, -0.15) is 0 Å². The Morgan fingerprint density at radius 2 is 2.00 bits per heavy atom. The van der Waals surface area contributed by atoms with Gasteiger partial charge in [0.1, 0.15) is 0 Å². The Morgan fingerprint density at radius 3 is 2.74 bits per heavy atom. The average molecular weight is 311 g/mol. The van der Waals surface area contributed by atoms with Gasteiger partial charge < -0.3 is 15.4 Å². The van der Waals surface area contributed by atoms with Crippen LogP contribution in [0.3, 0.4) is 0 Å². The van der Waals surface area contributed by atoms with Crippen LogP contribution in [0.25, 0.3) is 0 Å². The number of ether oxygens (including phenoxy) is 1. The highest BCUT2D eigenvalue weighted by Gasteiger charge is 2.19. The average Bonchev–Trinajstić information content (AvgIpc) is 2.61. The topological polar surface area (TPSA) is 63.2 Å². The van der Waals surface area contributed by atoms with Crippen molar-refractivity contribution in [3.8, 4) is 5.88 Å². The van der Waals surface area contributed by atoms with Crippen LogP contribution in [0.15, 0.2) is 30.5 Å². The summed E-state index contributed by atoms with van der Waals surface area (Å²) in [4.78, 5) is 16.2. The monoisotopic (exact) mass is 311 g/mol. The van der Waals surface area contributed by atoms with Crippen molar-refractivity contribution in [2.24, 2.45) is 0 Å². The minimum absolute atomic E-state index is 0.0939. The zero-order valence-electron chi connectivity index (χ0n) is 13.5. The third kappa shape index (κ3) is 3.13. The van der Waals surface area contributed by atoms with Crippen LogP contribution in [0.1, 0.15) is 34.3 Å². The van der Waals surface area contributed by atoms with Crippen molar-refractivity contribution in [2.75, 3.05) is 19.5 Å². The summed E-state index contributed by atoms with van der Waals surface area (Å²) >= 11 is 0. The number of carbonyl (C=O) groups is 1. The maximum absolute atomic E-state index is 11.8. The Bertz CT molecular complexity index is 728. The molecular weight excluding hydrogens is 290 g/mol. The van der Waals surface area contributed by atoms with Gasteiger partial charge in [0.2, 0.25) is 5.88 Å². The highest BCUT2D eigenvalue weighted by molar-refractivity contribution is 5.95. The van der Waals surface area contributed by atoms with Crippen LogP contribution in [0, 0.1) is 0 Å². The standard InChI is InChI=1S/C18H21N3O2/c1-19-17(22)12-6-5-7-13(10-12)21-16-11-20-18(23-2)15-9-4-3-8-14(15)16/h5-7,10-11,21H,3-4,8-9H2,1-2H3,(H,19,22). The molecule has 0 bridgehead atoms. The molecule has 23 heavy (non-hydrogen) atoms. The molecule has 0 saturated heterocycles. The van der Waals surface area contributed by atoms with E-state index in [1.165, 1.54) is 24.0 Å². The first-order chi connectivity index (χ1) is 11.2. The Morgan fingerprint density at radius 1 is 1.22 bits per heavy atom. The number of amides is 1. The lowest BCUT2D eigenvalue weighted by atomic mass is 9.91. The number of aromatic nitrogens is 1. The smallest absolute Gasteiger partial charge is 0.251 e. The van der Waals surface area contributed by atoms with Gasteiger partial charge in [-0.25, -0.2) is 4.98 Å². The summed E-state index contributed by atoms with van der Waals surface area (Å²) in [5.41, 5.74) is 4.98. The largest absolute Gasteiger partial charge is 0.481 e. The predicted octanol–water partition coefficient (Wildman–Crippen LogP) is 3.07. The van der Waals surface area contributed by atoms with Crippen molar-refractivity contribution in [1.82, 2.24) is 10.3 Å². The number of hydrogen-bond acceptors (Lipinski definition) is 4. The highest BCUT2D eigenvalue weighted by atomic mass is 16.5. The lowest BCUT2D eigenvalue weighted by molar-refractivity contribution is 0.0963. The molecule has 2 N–H and O–H groups in total. The van der Waals surface area contributed by atoms with Crippen LogP contribution >= 0.6 is 0 Å². The molecule has 0 unspecified atom stereocenters. The number of anilines is 2. The number of pyridine rings is 1. The summed E-state index contributed by atoms with van der Waals surface area (Å²) in [5.74, 6) is 0.632. The van der Waals surface area contributed by atoms with Gasteiger partial charge in [0.05, 0.1) is 19.0 Å². The fourth-order valence-corrected chi connectivity index (χ4v) is 3.04. The van der Waals surface area contributed by atoms with Crippen LogP contribution in [0.4, 0.5) is 11.4 Å². The molecule has 1 aliphatic rings. The van der Waals surface area contributed by atoms with Gasteiger partial charge in [0, 0.05) is 23.9 Å². The van der Waals surface area contributed by atoms with E-state index < -0.39 is 0 Å². The molecule has 1 aliphatic carbocycles. The highest BCUT2D eigenvalue weighted by Crippen LogP contribution is 2.34. The molecule has 120 valence electrons. The molecule has 1 heterocycles. The van der Waals surface area contributed by atoms with E-state index >= 15 is 0 Å². The van der Waals surface area contributed by atoms with Gasteiger partial charge in [0.25, 0.3) is 5.91 Å². The molecule has 5 nitrogen and oxygen atoms in total. The second kappa shape index (κ2) is 6.69. The Kier molecular flexibility index (Phi) is 4.46. The van der Waals surface area contributed by atoms with Crippen molar-refractivity contribution >= 4 is 17.3 Å². The molecule has 0 radical (unpaired) electrons. The number of methoxy groups -OCH3 is 1. The molecule has 5 heteroatoms. The number of benzene rings is 1. The Labute approximate surface area is 136 Å². The first-order valence-electron chi connectivity index (χ1n) is 7.87. The van der Waals surface area contributed by atoms with Crippen LogP contribution in [-0.4, -0.2) is 25.0 Å². The Hall–Kier alpha value is -2.56. The molecular formula is C18H21N3O2. The lowest BCUT2D eigenvalue weighted by Gasteiger charge is -2.21. The maximum atomic E-state index is 11.8. The summed E-state index contributed by atoms with van der Waals surface area (Å²) in [6, 6.07) is 7.46. The number of rotatable bonds is 4. The van der Waals surface area contributed by atoms with E-state index in [0.717, 1.165) is 30.1 Å². The van der Waals surface area contributed by atoms with Crippen molar-refractivity contribution in [3.05, 3.63) is 47.2 Å². The van der Waals surface area contributed by atoms with Gasteiger partial charge >= 0.3 is 0 Å². The SMILES string of the molecule is CNC(=O)c1cccc(Nc2cnc(OC)c3c2CCCC3)c1. The molecule has 1 aromatic carbocycles. The number of nitrogens with one attached hydrogen (secondary N) is 2.